The Bertz CT molecular complexity index is 381. The number of carbonyl (C=O) groups excluding carboxylic acids is 1. The van der Waals surface area contributed by atoms with E-state index in [1.54, 1.807) is 6.20 Å². The van der Waals surface area contributed by atoms with Gasteiger partial charge in [-0.05, 0) is 12.1 Å². The maximum atomic E-state index is 11.8. The van der Waals surface area contributed by atoms with Crippen molar-refractivity contribution in [3.05, 3.63) is 30.1 Å². The molecule has 1 aliphatic rings. The molecule has 0 aliphatic carbocycles. The number of hydrogen-bond donors (Lipinski definition) is 1. The summed E-state index contributed by atoms with van der Waals surface area (Å²) in [6, 6.07) is 5.85. The van der Waals surface area contributed by atoms with E-state index in [1.165, 1.54) is 11.5 Å². The van der Waals surface area contributed by atoms with Crippen LogP contribution in [0.4, 0.5) is 0 Å². The summed E-state index contributed by atoms with van der Waals surface area (Å²) in [6.07, 6.45) is 2.57. The lowest BCUT2D eigenvalue weighted by atomic mass is 10.3. The van der Waals surface area contributed by atoms with Crippen LogP contribution in [0.2, 0.25) is 0 Å². The van der Waals surface area contributed by atoms with Crippen molar-refractivity contribution in [3.8, 4) is 0 Å². The molecule has 6 heteroatoms. The minimum atomic E-state index is 0.110. The minimum Gasteiger partial charge on any atom is -0.355 e. The Morgan fingerprint density at radius 2 is 2.11 bits per heavy atom. The van der Waals surface area contributed by atoms with Gasteiger partial charge in [-0.25, -0.2) is 0 Å². The van der Waals surface area contributed by atoms with Crippen molar-refractivity contribution >= 4 is 29.4 Å². The SMILES string of the molecule is O=C(CN1CSCCSC1)NCCc1ccccn1. The van der Waals surface area contributed by atoms with Crippen LogP contribution >= 0.6 is 23.5 Å². The van der Waals surface area contributed by atoms with Gasteiger partial charge in [0.25, 0.3) is 0 Å². The Balaban J connectivity index is 1.64. The van der Waals surface area contributed by atoms with Crippen LogP contribution in [0.15, 0.2) is 24.4 Å². The van der Waals surface area contributed by atoms with Crippen molar-refractivity contribution in [2.24, 2.45) is 0 Å². The standard InChI is InChI=1S/C13H19N3OS2/c17-13(9-16-10-18-7-8-19-11-16)15-6-4-12-3-1-2-5-14-12/h1-3,5H,4,6-11H2,(H,15,17). The number of carbonyl (C=O) groups is 1. The zero-order valence-electron chi connectivity index (χ0n) is 10.9. The molecule has 0 radical (unpaired) electrons. The van der Waals surface area contributed by atoms with Gasteiger partial charge in [0.1, 0.15) is 0 Å². The molecule has 0 atom stereocenters. The molecular weight excluding hydrogens is 278 g/mol. The quantitative estimate of drug-likeness (QED) is 0.891. The number of nitrogens with one attached hydrogen (secondary N) is 1. The molecule has 2 rings (SSSR count). The van der Waals surface area contributed by atoms with Crippen molar-refractivity contribution in [1.82, 2.24) is 15.2 Å². The van der Waals surface area contributed by atoms with Gasteiger partial charge in [0, 0.05) is 48.1 Å². The van der Waals surface area contributed by atoms with Crippen LogP contribution in [0.25, 0.3) is 0 Å². The number of nitrogens with zero attached hydrogens (tertiary/aromatic N) is 2. The van der Waals surface area contributed by atoms with E-state index in [1.807, 2.05) is 41.7 Å². The second-order valence-corrected chi connectivity index (χ2v) is 6.47. The number of amides is 1. The molecule has 104 valence electrons. The molecule has 19 heavy (non-hydrogen) atoms. The van der Waals surface area contributed by atoms with Gasteiger partial charge in [-0.15, -0.1) is 23.5 Å². The average Bonchev–Trinajstić information content (AvgIpc) is 2.68. The summed E-state index contributed by atoms with van der Waals surface area (Å²) < 4.78 is 0. The van der Waals surface area contributed by atoms with Gasteiger partial charge in [0.05, 0.1) is 6.54 Å². The first-order valence-electron chi connectivity index (χ1n) is 6.39. The van der Waals surface area contributed by atoms with Crippen molar-refractivity contribution in [2.45, 2.75) is 6.42 Å². The first-order valence-corrected chi connectivity index (χ1v) is 8.70. The zero-order chi connectivity index (χ0) is 13.3. The fraction of sp³-hybridized carbons (Fsp3) is 0.538. The summed E-state index contributed by atoms with van der Waals surface area (Å²) in [5, 5.41) is 2.96. The molecule has 2 heterocycles. The topological polar surface area (TPSA) is 45.2 Å². The lowest BCUT2D eigenvalue weighted by Gasteiger charge is -2.17. The summed E-state index contributed by atoms with van der Waals surface area (Å²) in [5.74, 6) is 4.39. The molecule has 4 nitrogen and oxygen atoms in total. The molecule has 1 amide bonds. The maximum absolute atomic E-state index is 11.8. The minimum absolute atomic E-state index is 0.110. The van der Waals surface area contributed by atoms with E-state index < -0.39 is 0 Å². The largest absolute Gasteiger partial charge is 0.355 e. The van der Waals surface area contributed by atoms with Gasteiger partial charge < -0.3 is 5.32 Å². The number of pyridine rings is 1. The van der Waals surface area contributed by atoms with Crippen LogP contribution < -0.4 is 5.32 Å². The van der Waals surface area contributed by atoms with Crippen LogP contribution in [-0.2, 0) is 11.2 Å². The van der Waals surface area contributed by atoms with E-state index in [0.29, 0.717) is 13.1 Å². The summed E-state index contributed by atoms with van der Waals surface area (Å²) in [7, 11) is 0. The lowest BCUT2D eigenvalue weighted by molar-refractivity contribution is -0.121. The highest BCUT2D eigenvalue weighted by Gasteiger charge is 2.12. The van der Waals surface area contributed by atoms with Gasteiger partial charge in [0.2, 0.25) is 5.91 Å². The summed E-state index contributed by atoms with van der Waals surface area (Å²) in [5.41, 5.74) is 1.02. The summed E-state index contributed by atoms with van der Waals surface area (Å²) >= 11 is 3.80. The third kappa shape index (κ3) is 5.84. The number of hydrogen-bond acceptors (Lipinski definition) is 5. The molecule has 1 N–H and O–H groups in total. The van der Waals surface area contributed by atoms with Crippen LogP contribution in [0.1, 0.15) is 5.69 Å². The number of rotatable bonds is 5. The van der Waals surface area contributed by atoms with Crippen LogP contribution in [0, 0.1) is 0 Å². The fourth-order valence-electron chi connectivity index (χ4n) is 1.77. The molecule has 0 aromatic carbocycles. The van der Waals surface area contributed by atoms with Crippen molar-refractivity contribution in [2.75, 3.05) is 36.3 Å². The predicted octanol–water partition coefficient (Wildman–Crippen LogP) is 1.44. The second-order valence-electron chi connectivity index (χ2n) is 4.32. The van der Waals surface area contributed by atoms with Gasteiger partial charge in [0.15, 0.2) is 0 Å². The van der Waals surface area contributed by atoms with Gasteiger partial charge in [-0.2, -0.15) is 0 Å². The normalized spacial score (nSPS) is 16.8. The van der Waals surface area contributed by atoms with E-state index >= 15 is 0 Å². The molecule has 0 unspecified atom stereocenters. The third-order valence-electron chi connectivity index (χ3n) is 2.72. The Hall–Kier alpha value is -0.720. The molecule has 0 spiro atoms. The Morgan fingerprint density at radius 1 is 1.32 bits per heavy atom. The van der Waals surface area contributed by atoms with Crippen molar-refractivity contribution < 1.29 is 4.79 Å². The van der Waals surface area contributed by atoms with E-state index in [0.717, 1.165) is 23.9 Å². The Morgan fingerprint density at radius 3 is 2.79 bits per heavy atom. The molecule has 0 bridgehead atoms. The molecule has 1 aromatic rings. The zero-order valence-corrected chi connectivity index (χ0v) is 12.5. The smallest absolute Gasteiger partial charge is 0.234 e. The first-order chi connectivity index (χ1) is 9.34. The van der Waals surface area contributed by atoms with E-state index in [-0.39, 0.29) is 5.91 Å². The number of aromatic nitrogens is 1. The monoisotopic (exact) mass is 297 g/mol. The lowest BCUT2D eigenvalue weighted by Crippen LogP contribution is -2.37. The van der Waals surface area contributed by atoms with Crippen LogP contribution in [0.3, 0.4) is 0 Å². The molecule has 0 saturated carbocycles. The Kier molecular flexibility index (Phi) is 6.53. The predicted molar refractivity (Wildman–Crippen MR) is 82.3 cm³/mol. The van der Waals surface area contributed by atoms with E-state index in [2.05, 4.69) is 15.2 Å². The maximum Gasteiger partial charge on any atom is 0.234 e. The van der Waals surface area contributed by atoms with Crippen LogP contribution in [-0.4, -0.2) is 52.1 Å². The summed E-state index contributed by atoms with van der Waals surface area (Å²) in [4.78, 5) is 18.3. The molecule has 1 fully saturated rings. The Labute approximate surface area is 122 Å². The molecule has 1 saturated heterocycles. The highest BCUT2D eigenvalue weighted by Crippen LogP contribution is 2.16. The van der Waals surface area contributed by atoms with Gasteiger partial charge in [-0.3, -0.25) is 14.7 Å². The highest BCUT2D eigenvalue weighted by molar-refractivity contribution is 8.03. The third-order valence-corrected chi connectivity index (χ3v) is 5.06. The average molecular weight is 297 g/mol. The summed E-state index contributed by atoms with van der Waals surface area (Å²) in [6.45, 7) is 1.16. The fourth-order valence-corrected chi connectivity index (χ4v) is 3.97. The van der Waals surface area contributed by atoms with Crippen LogP contribution in [0.5, 0.6) is 0 Å². The molecule has 1 aliphatic heterocycles. The van der Waals surface area contributed by atoms with Crippen molar-refractivity contribution in [3.63, 3.8) is 0 Å². The first kappa shape index (κ1) is 14.7. The number of thioether (sulfide) groups is 2. The molecule has 1 aromatic heterocycles. The van der Waals surface area contributed by atoms with Gasteiger partial charge in [-0.1, -0.05) is 6.07 Å². The van der Waals surface area contributed by atoms with E-state index in [4.69, 9.17) is 0 Å². The van der Waals surface area contributed by atoms with E-state index in [9.17, 15) is 4.79 Å². The second kappa shape index (κ2) is 8.45. The highest BCUT2D eigenvalue weighted by atomic mass is 32.2. The van der Waals surface area contributed by atoms with Gasteiger partial charge >= 0.3 is 0 Å². The molecular formula is C13H19N3OS2. The van der Waals surface area contributed by atoms with Crippen molar-refractivity contribution in [1.29, 1.82) is 0 Å².